The molecule has 0 bridgehead atoms. The molecule has 1 fully saturated rings. The second-order valence-electron chi connectivity index (χ2n) is 6.95. The molecule has 2 heterocycles. The first-order valence-corrected chi connectivity index (χ1v) is 9.96. The molecule has 4 rings (SSSR count). The molecule has 6 nitrogen and oxygen atoms in total. The molecule has 0 saturated carbocycles. The minimum atomic E-state index is -0.329. The molecule has 2 amide bonds. The van der Waals surface area contributed by atoms with Crippen molar-refractivity contribution in [1.82, 2.24) is 20.0 Å². The number of rotatable bonds is 5. The van der Waals surface area contributed by atoms with E-state index in [9.17, 15) is 9.59 Å². The first-order chi connectivity index (χ1) is 14.1. The minimum absolute atomic E-state index is 0.0184. The number of hydrogen-bond donors (Lipinski definition) is 1. The summed E-state index contributed by atoms with van der Waals surface area (Å²) in [5.74, 6) is -0.385. The quantitative estimate of drug-likeness (QED) is 0.702. The van der Waals surface area contributed by atoms with Crippen LogP contribution >= 0.6 is 11.6 Å². The zero-order valence-electron chi connectivity index (χ0n) is 15.8. The molecule has 1 aliphatic heterocycles. The van der Waals surface area contributed by atoms with E-state index in [2.05, 4.69) is 10.4 Å². The van der Waals surface area contributed by atoms with Gasteiger partial charge in [0.25, 0.3) is 5.91 Å². The van der Waals surface area contributed by atoms with Gasteiger partial charge in [-0.05, 0) is 37.1 Å². The number of halogens is 1. The molecule has 0 unspecified atom stereocenters. The van der Waals surface area contributed by atoms with Crippen LogP contribution in [-0.4, -0.2) is 46.1 Å². The van der Waals surface area contributed by atoms with Crippen molar-refractivity contribution < 1.29 is 9.59 Å². The lowest BCUT2D eigenvalue weighted by Crippen LogP contribution is -2.38. The van der Waals surface area contributed by atoms with E-state index >= 15 is 0 Å². The number of aromatic nitrogens is 2. The van der Waals surface area contributed by atoms with Gasteiger partial charge in [0, 0.05) is 29.9 Å². The normalized spacial score (nSPS) is 13.5. The second-order valence-corrected chi connectivity index (χ2v) is 7.39. The van der Waals surface area contributed by atoms with Crippen molar-refractivity contribution in [2.24, 2.45) is 0 Å². The standard InChI is InChI=1S/C22H21ClN4O2/c23-17-10-8-16(9-11-17)21-19(15-27(25-21)18-6-2-1-3-7-18)22(29)24-14-20(28)26-12-4-5-13-26/h1-3,6-11,15H,4-5,12-14H2,(H,24,29). The lowest BCUT2D eigenvalue weighted by atomic mass is 10.1. The maximum Gasteiger partial charge on any atom is 0.255 e. The summed E-state index contributed by atoms with van der Waals surface area (Å²) >= 11 is 6.00. The predicted molar refractivity (Wildman–Crippen MR) is 112 cm³/mol. The summed E-state index contributed by atoms with van der Waals surface area (Å²) in [4.78, 5) is 27.0. The SMILES string of the molecule is O=C(NCC(=O)N1CCCC1)c1cn(-c2ccccc2)nc1-c1ccc(Cl)cc1. The molecule has 0 atom stereocenters. The third kappa shape index (κ3) is 4.32. The predicted octanol–water partition coefficient (Wildman–Crippen LogP) is 3.54. The molecule has 1 aliphatic rings. The maximum atomic E-state index is 12.9. The number of amides is 2. The van der Waals surface area contributed by atoms with Crippen LogP contribution in [0.3, 0.4) is 0 Å². The van der Waals surface area contributed by atoms with Crippen molar-refractivity contribution in [3.05, 3.63) is 71.4 Å². The molecule has 148 valence electrons. The van der Waals surface area contributed by atoms with E-state index in [0.29, 0.717) is 16.3 Å². The van der Waals surface area contributed by atoms with Crippen molar-refractivity contribution in [3.63, 3.8) is 0 Å². The third-order valence-corrected chi connectivity index (χ3v) is 5.21. The van der Waals surface area contributed by atoms with E-state index in [1.165, 1.54) is 0 Å². The lowest BCUT2D eigenvalue weighted by molar-refractivity contribution is -0.129. The van der Waals surface area contributed by atoms with Crippen LogP contribution in [0.15, 0.2) is 60.8 Å². The Morgan fingerprint density at radius 3 is 2.38 bits per heavy atom. The monoisotopic (exact) mass is 408 g/mol. The van der Waals surface area contributed by atoms with Crippen LogP contribution < -0.4 is 5.32 Å². The van der Waals surface area contributed by atoms with Crippen LogP contribution in [0.1, 0.15) is 23.2 Å². The maximum absolute atomic E-state index is 12.9. The van der Waals surface area contributed by atoms with Gasteiger partial charge in [-0.1, -0.05) is 41.9 Å². The van der Waals surface area contributed by atoms with Crippen LogP contribution in [-0.2, 0) is 4.79 Å². The first kappa shape index (κ1) is 19.2. The summed E-state index contributed by atoms with van der Waals surface area (Å²) in [5.41, 5.74) is 2.57. The Labute approximate surface area is 174 Å². The molecule has 2 aromatic carbocycles. The van der Waals surface area contributed by atoms with Gasteiger partial charge in [-0.3, -0.25) is 9.59 Å². The highest BCUT2D eigenvalue weighted by atomic mass is 35.5. The Morgan fingerprint density at radius 2 is 1.69 bits per heavy atom. The molecule has 3 aromatic rings. The van der Waals surface area contributed by atoms with Crippen molar-refractivity contribution in [3.8, 4) is 16.9 Å². The summed E-state index contributed by atoms with van der Waals surface area (Å²) in [7, 11) is 0. The molecule has 1 aromatic heterocycles. The molecule has 0 aliphatic carbocycles. The molecule has 1 N–H and O–H groups in total. The average Bonchev–Trinajstić information content (AvgIpc) is 3.43. The van der Waals surface area contributed by atoms with Crippen LogP contribution in [0.25, 0.3) is 16.9 Å². The lowest BCUT2D eigenvalue weighted by Gasteiger charge is -2.15. The first-order valence-electron chi connectivity index (χ1n) is 9.59. The number of benzene rings is 2. The number of carbonyl (C=O) groups is 2. The summed E-state index contributed by atoms with van der Waals surface area (Å²) in [5, 5.41) is 7.99. The molecule has 1 saturated heterocycles. The van der Waals surface area contributed by atoms with E-state index in [-0.39, 0.29) is 18.4 Å². The van der Waals surface area contributed by atoms with Gasteiger partial charge >= 0.3 is 0 Å². The number of para-hydroxylation sites is 1. The number of nitrogens with zero attached hydrogens (tertiary/aromatic N) is 3. The summed E-state index contributed by atoms with van der Waals surface area (Å²) in [6, 6.07) is 16.7. The number of hydrogen-bond acceptors (Lipinski definition) is 3. The van der Waals surface area contributed by atoms with E-state index in [4.69, 9.17) is 11.6 Å². The van der Waals surface area contributed by atoms with E-state index in [1.54, 1.807) is 27.9 Å². The summed E-state index contributed by atoms with van der Waals surface area (Å²) < 4.78 is 1.67. The Kier molecular flexibility index (Phi) is 5.62. The number of likely N-dealkylation sites (tertiary alicyclic amines) is 1. The summed E-state index contributed by atoms with van der Waals surface area (Å²) in [6.45, 7) is 1.50. The highest BCUT2D eigenvalue weighted by Gasteiger charge is 2.22. The van der Waals surface area contributed by atoms with Crippen molar-refractivity contribution in [2.45, 2.75) is 12.8 Å². The van der Waals surface area contributed by atoms with Gasteiger partial charge in [-0.15, -0.1) is 0 Å². The fraction of sp³-hybridized carbons (Fsp3) is 0.227. The van der Waals surface area contributed by atoms with Gasteiger partial charge in [0.15, 0.2) is 0 Å². The van der Waals surface area contributed by atoms with E-state index in [1.807, 2.05) is 42.5 Å². The zero-order chi connectivity index (χ0) is 20.2. The molecule has 0 spiro atoms. The van der Waals surface area contributed by atoms with Crippen molar-refractivity contribution >= 4 is 23.4 Å². The van der Waals surface area contributed by atoms with Crippen LogP contribution in [0.4, 0.5) is 0 Å². The number of nitrogens with one attached hydrogen (secondary N) is 1. The van der Waals surface area contributed by atoms with Crippen LogP contribution in [0, 0.1) is 0 Å². The molecular weight excluding hydrogens is 388 g/mol. The van der Waals surface area contributed by atoms with Gasteiger partial charge in [-0.25, -0.2) is 4.68 Å². The van der Waals surface area contributed by atoms with E-state index in [0.717, 1.165) is 37.2 Å². The van der Waals surface area contributed by atoms with Gasteiger partial charge in [0.1, 0.15) is 5.69 Å². The van der Waals surface area contributed by atoms with Gasteiger partial charge in [0.05, 0.1) is 17.8 Å². The summed E-state index contributed by atoms with van der Waals surface area (Å²) in [6.07, 6.45) is 3.73. The molecule has 0 radical (unpaired) electrons. The Hall–Kier alpha value is -3.12. The van der Waals surface area contributed by atoms with Gasteiger partial charge < -0.3 is 10.2 Å². The number of carbonyl (C=O) groups excluding carboxylic acids is 2. The fourth-order valence-corrected chi connectivity index (χ4v) is 3.53. The molecular formula is C22H21ClN4O2. The van der Waals surface area contributed by atoms with Gasteiger partial charge in [0.2, 0.25) is 5.91 Å². The third-order valence-electron chi connectivity index (χ3n) is 4.96. The molecule has 29 heavy (non-hydrogen) atoms. The topological polar surface area (TPSA) is 67.2 Å². The Bertz CT molecular complexity index is 1010. The second kappa shape index (κ2) is 8.49. The fourth-order valence-electron chi connectivity index (χ4n) is 3.40. The smallest absolute Gasteiger partial charge is 0.255 e. The van der Waals surface area contributed by atoms with E-state index < -0.39 is 0 Å². The largest absolute Gasteiger partial charge is 0.343 e. The highest BCUT2D eigenvalue weighted by Crippen LogP contribution is 2.25. The minimum Gasteiger partial charge on any atom is -0.343 e. The Morgan fingerprint density at radius 1 is 1.00 bits per heavy atom. The van der Waals surface area contributed by atoms with Crippen LogP contribution in [0.5, 0.6) is 0 Å². The highest BCUT2D eigenvalue weighted by molar-refractivity contribution is 6.30. The Balaban J connectivity index is 1.61. The zero-order valence-corrected chi connectivity index (χ0v) is 16.6. The van der Waals surface area contributed by atoms with Crippen molar-refractivity contribution in [2.75, 3.05) is 19.6 Å². The van der Waals surface area contributed by atoms with Gasteiger partial charge in [-0.2, -0.15) is 5.10 Å². The van der Waals surface area contributed by atoms with Crippen LogP contribution in [0.2, 0.25) is 5.02 Å². The average molecular weight is 409 g/mol. The molecule has 7 heteroatoms. The van der Waals surface area contributed by atoms with Crippen molar-refractivity contribution in [1.29, 1.82) is 0 Å².